The van der Waals surface area contributed by atoms with Gasteiger partial charge in [-0.2, -0.15) is 0 Å². The van der Waals surface area contributed by atoms with E-state index >= 15 is 0 Å². The average Bonchev–Trinajstić information content (AvgIpc) is 2.41. The molecule has 0 bridgehead atoms. The number of carbonyl (C=O) groups excluding carboxylic acids is 1. The van der Waals surface area contributed by atoms with Crippen molar-refractivity contribution in [2.45, 2.75) is 25.8 Å². The van der Waals surface area contributed by atoms with Crippen LogP contribution in [0.4, 0.5) is 0 Å². The standard InChI is InChI=1S/C10H17NO3/c1-8-2-3-9(13)11(8)4-10(5-12)6-14-7-10/h8,12H,2-7H2,1H3. The predicted octanol–water partition coefficient (Wildman–Crippen LogP) is 0.00620. The lowest BCUT2D eigenvalue weighted by Gasteiger charge is -2.43. The van der Waals surface area contributed by atoms with E-state index in [1.807, 2.05) is 4.90 Å². The number of nitrogens with zero attached hydrogens (tertiary/aromatic N) is 1. The van der Waals surface area contributed by atoms with Gasteiger partial charge in [-0.3, -0.25) is 4.79 Å². The first-order chi connectivity index (χ1) is 6.67. The van der Waals surface area contributed by atoms with Gasteiger partial charge in [0, 0.05) is 19.0 Å². The maximum atomic E-state index is 11.5. The molecule has 0 aromatic carbocycles. The molecular weight excluding hydrogens is 182 g/mol. The number of aliphatic hydroxyl groups is 1. The molecule has 1 amide bonds. The summed E-state index contributed by atoms with van der Waals surface area (Å²) in [6.07, 6.45) is 1.60. The summed E-state index contributed by atoms with van der Waals surface area (Å²) >= 11 is 0. The molecule has 2 fully saturated rings. The molecule has 1 unspecified atom stereocenters. The molecule has 0 radical (unpaired) electrons. The Morgan fingerprint density at radius 3 is 2.71 bits per heavy atom. The van der Waals surface area contributed by atoms with Gasteiger partial charge in [0.25, 0.3) is 0 Å². The van der Waals surface area contributed by atoms with Gasteiger partial charge >= 0.3 is 0 Å². The van der Waals surface area contributed by atoms with Crippen molar-refractivity contribution < 1.29 is 14.6 Å². The number of aliphatic hydroxyl groups excluding tert-OH is 1. The molecule has 4 nitrogen and oxygen atoms in total. The van der Waals surface area contributed by atoms with Gasteiger partial charge in [0.05, 0.1) is 25.2 Å². The quantitative estimate of drug-likeness (QED) is 0.696. The van der Waals surface area contributed by atoms with E-state index in [1.165, 1.54) is 0 Å². The third-order valence-corrected chi connectivity index (χ3v) is 3.29. The van der Waals surface area contributed by atoms with Crippen molar-refractivity contribution in [1.82, 2.24) is 4.90 Å². The summed E-state index contributed by atoms with van der Waals surface area (Å²) in [7, 11) is 0. The molecule has 1 atom stereocenters. The SMILES string of the molecule is CC1CCC(=O)N1CC1(CO)COC1. The lowest BCUT2D eigenvalue weighted by Crippen LogP contribution is -2.54. The number of carbonyl (C=O) groups is 1. The zero-order valence-electron chi connectivity index (χ0n) is 8.53. The molecule has 2 saturated heterocycles. The highest BCUT2D eigenvalue weighted by Gasteiger charge is 2.42. The van der Waals surface area contributed by atoms with E-state index in [2.05, 4.69) is 6.92 Å². The van der Waals surface area contributed by atoms with Gasteiger partial charge in [0.2, 0.25) is 5.91 Å². The molecule has 4 heteroatoms. The fourth-order valence-electron chi connectivity index (χ4n) is 2.11. The van der Waals surface area contributed by atoms with Crippen molar-refractivity contribution in [3.63, 3.8) is 0 Å². The van der Waals surface area contributed by atoms with Crippen molar-refractivity contribution >= 4 is 5.91 Å². The first kappa shape index (κ1) is 9.93. The molecule has 2 heterocycles. The molecule has 0 aliphatic carbocycles. The molecule has 2 aliphatic rings. The summed E-state index contributed by atoms with van der Waals surface area (Å²) in [6.45, 7) is 4.00. The van der Waals surface area contributed by atoms with Crippen molar-refractivity contribution in [1.29, 1.82) is 0 Å². The Kier molecular flexibility index (Phi) is 2.49. The Morgan fingerprint density at radius 2 is 2.36 bits per heavy atom. The normalized spacial score (nSPS) is 30.6. The van der Waals surface area contributed by atoms with Gasteiger partial charge in [-0.15, -0.1) is 0 Å². The minimum atomic E-state index is -0.172. The maximum absolute atomic E-state index is 11.5. The fraction of sp³-hybridized carbons (Fsp3) is 0.900. The van der Waals surface area contributed by atoms with Crippen LogP contribution in [0.25, 0.3) is 0 Å². The molecule has 1 N–H and O–H groups in total. The summed E-state index contributed by atoms with van der Waals surface area (Å²) in [6, 6.07) is 0.325. The van der Waals surface area contributed by atoms with Gasteiger partial charge in [-0.05, 0) is 13.3 Å². The van der Waals surface area contributed by atoms with Gasteiger partial charge in [-0.1, -0.05) is 0 Å². The second-order valence-corrected chi connectivity index (χ2v) is 4.56. The number of rotatable bonds is 3. The maximum Gasteiger partial charge on any atom is 0.222 e. The highest BCUT2D eigenvalue weighted by molar-refractivity contribution is 5.78. The Balaban J connectivity index is 1.98. The summed E-state index contributed by atoms with van der Waals surface area (Å²) in [5, 5.41) is 9.25. The molecular formula is C10H17NO3. The molecule has 2 aliphatic heterocycles. The van der Waals surface area contributed by atoms with Gasteiger partial charge < -0.3 is 14.7 Å². The molecule has 14 heavy (non-hydrogen) atoms. The highest BCUT2D eigenvalue weighted by atomic mass is 16.5. The Morgan fingerprint density at radius 1 is 1.64 bits per heavy atom. The minimum absolute atomic E-state index is 0.115. The van der Waals surface area contributed by atoms with E-state index in [9.17, 15) is 9.90 Å². The van der Waals surface area contributed by atoms with Crippen LogP contribution in [0.1, 0.15) is 19.8 Å². The molecule has 80 valence electrons. The molecule has 0 spiro atoms. The molecule has 0 saturated carbocycles. The summed E-state index contributed by atoms with van der Waals surface area (Å²) in [5.74, 6) is 0.220. The van der Waals surface area contributed by atoms with Gasteiger partial charge in [0.15, 0.2) is 0 Å². The van der Waals surface area contributed by atoms with Crippen LogP contribution in [-0.2, 0) is 9.53 Å². The molecule has 0 aromatic heterocycles. The fourth-order valence-corrected chi connectivity index (χ4v) is 2.11. The van der Waals surface area contributed by atoms with Crippen LogP contribution in [0.2, 0.25) is 0 Å². The van der Waals surface area contributed by atoms with Crippen LogP contribution >= 0.6 is 0 Å². The van der Waals surface area contributed by atoms with Crippen molar-refractivity contribution in [2.24, 2.45) is 5.41 Å². The van der Waals surface area contributed by atoms with Gasteiger partial charge in [-0.25, -0.2) is 0 Å². The van der Waals surface area contributed by atoms with E-state index in [0.29, 0.717) is 32.2 Å². The molecule has 2 rings (SSSR count). The monoisotopic (exact) mass is 199 g/mol. The van der Waals surface area contributed by atoms with Crippen LogP contribution in [0.3, 0.4) is 0 Å². The summed E-state index contributed by atoms with van der Waals surface area (Å²) in [4.78, 5) is 13.4. The zero-order chi connectivity index (χ0) is 10.2. The van der Waals surface area contributed by atoms with Crippen molar-refractivity contribution in [3.05, 3.63) is 0 Å². The largest absolute Gasteiger partial charge is 0.396 e. The minimum Gasteiger partial charge on any atom is -0.396 e. The highest BCUT2D eigenvalue weighted by Crippen LogP contribution is 2.31. The summed E-state index contributed by atoms with van der Waals surface area (Å²) in [5.41, 5.74) is -0.172. The van der Waals surface area contributed by atoms with E-state index in [0.717, 1.165) is 6.42 Å². The lowest BCUT2D eigenvalue weighted by molar-refractivity contribution is -0.158. The van der Waals surface area contributed by atoms with Crippen LogP contribution in [0.5, 0.6) is 0 Å². The topological polar surface area (TPSA) is 49.8 Å². The Hall–Kier alpha value is -0.610. The van der Waals surface area contributed by atoms with Crippen molar-refractivity contribution in [2.75, 3.05) is 26.4 Å². The van der Waals surface area contributed by atoms with Crippen LogP contribution < -0.4 is 0 Å². The second kappa shape index (κ2) is 3.51. The number of ether oxygens (including phenoxy) is 1. The number of likely N-dealkylation sites (tertiary alicyclic amines) is 1. The van der Waals surface area contributed by atoms with Crippen molar-refractivity contribution in [3.8, 4) is 0 Å². The summed E-state index contributed by atoms with van der Waals surface area (Å²) < 4.78 is 5.11. The first-order valence-electron chi connectivity index (χ1n) is 5.15. The third-order valence-electron chi connectivity index (χ3n) is 3.29. The lowest BCUT2D eigenvalue weighted by atomic mass is 9.86. The molecule has 0 aromatic rings. The van der Waals surface area contributed by atoms with E-state index in [1.54, 1.807) is 0 Å². The van der Waals surface area contributed by atoms with E-state index in [-0.39, 0.29) is 17.9 Å². The second-order valence-electron chi connectivity index (χ2n) is 4.56. The number of hydrogen-bond donors (Lipinski definition) is 1. The average molecular weight is 199 g/mol. The Bertz CT molecular complexity index is 232. The van der Waals surface area contributed by atoms with E-state index in [4.69, 9.17) is 4.74 Å². The van der Waals surface area contributed by atoms with Crippen LogP contribution in [-0.4, -0.2) is 48.3 Å². The zero-order valence-corrected chi connectivity index (χ0v) is 8.53. The number of amides is 1. The smallest absolute Gasteiger partial charge is 0.222 e. The first-order valence-corrected chi connectivity index (χ1v) is 5.15. The van der Waals surface area contributed by atoms with Gasteiger partial charge in [0.1, 0.15) is 0 Å². The number of hydrogen-bond acceptors (Lipinski definition) is 3. The van der Waals surface area contributed by atoms with Crippen LogP contribution in [0, 0.1) is 5.41 Å². The van der Waals surface area contributed by atoms with E-state index < -0.39 is 0 Å². The third kappa shape index (κ3) is 1.53. The van der Waals surface area contributed by atoms with Crippen LogP contribution in [0.15, 0.2) is 0 Å². The predicted molar refractivity (Wildman–Crippen MR) is 50.7 cm³/mol. The Labute approximate surface area is 83.8 Å².